The van der Waals surface area contributed by atoms with Gasteiger partial charge in [0.25, 0.3) is 5.91 Å². The third kappa shape index (κ3) is 5.18. The van der Waals surface area contributed by atoms with Gasteiger partial charge >= 0.3 is 0 Å². The van der Waals surface area contributed by atoms with Crippen molar-refractivity contribution in [1.29, 1.82) is 0 Å². The van der Waals surface area contributed by atoms with Crippen LogP contribution in [0, 0.1) is 5.82 Å². The molecule has 0 aliphatic carbocycles. The molecular weight excluding hydrogens is 291 g/mol. The van der Waals surface area contributed by atoms with E-state index in [9.17, 15) is 9.18 Å². The molecule has 1 unspecified atom stereocenters. The molecule has 2 aromatic carbocycles. The number of carbonyl (C=O) groups excluding carboxylic acids is 1. The molecule has 0 fully saturated rings. The average molecular weight is 315 g/mol. The van der Waals surface area contributed by atoms with E-state index in [-0.39, 0.29) is 11.7 Å². The van der Waals surface area contributed by atoms with E-state index in [0.717, 1.165) is 21.7 Å². The van der Waals surface area contributed by atoms with Gasteiger partial charge in [-0.3, -0.25) is 4.79 Å². The highest BCUT2D eigenvalue weighted by molar-refractivity contribution is 5.92. The number of hydrogen-bond acceptors (Lipinski definition) is 1. The molecule has 0 saturated carbocycles. The minimum absolute atomic E-state index is 0.0160. The number of hydrogen-bond donors (Lipinski definition) is 2. The third-order valence-electron chi connectivity index (χ3n) is 3.74. The first-order valence-corrected chi connectivity index (χ1v) is 7.90. The number of likely N-dealkylation sites (N-methyl/N-ethyl adjacent to an activating group) is 1. The van der Waals surface area contributed by atoms with Crippen molar-refractivity contribution in [3.8, 4) is 0 Å². The number of benzene rings is 2. The van der Waals surface area contributed by atoms with Crippen molar-refractivity contribution in [2.24, 2.45) is 0 Å². The van der Waals surface area contributed by atoms with Gasteiger partial charge in [0.15, 0.2) is 6.54 Å². The first kappa shape index (κ1) is 17.2. The molecule has 2 N–H and O–H groups in total. The second-order valence-electron chi connectivity index (χ2n) is 6.23. The number of amides is 1. The summed E-state index contributed by atoms with van der Waals surface area (Å²) < 4.78 is 12.9. The van der Waals surface area contributed by atoms with Crippen molar-refractivity contribution in [2.45, 2.75) is 26.3 Å². The van der Waals surface area contributed by atoms with E-state index in [1.54, 1.807) is 12.1 Å². The SMILES string of the molecule is CC(C)c1ccccc1NC(=O)C[NH+](C)Cc1ccc(F)cc1. The van der Waals surface area contributed by atoms with Crippen molar-refractivity contribution in [3.63, 3.8) is 0 Å². The quantitative estimate of drug-likeness (QED) is 0.844. The van der Waals surface area contributed by atoms with E-state index in [2.05, 4.69) is 19.2 Å². The number of rotatable bonds is 6. The molecule has 3 nitrogen and oxygen atoms in total. The highest BCUT2D eigenvalue weighted by atomic mass is 19.1. The van der Waals surface area contributed by atoms with Crippen molar-refractivity contribution < 1.29 is 14.1 Å². The maximum Gasteiger partial charge on any atom is 0.279 e. The zero-order valence-electron chi connectivity index (χ0n) is 13.9. The second kappa shape index (κ2) is 7.88. The Hall–Kier alpha value is -2.20. The van der Waals surface area contributed by atoms with Gasteiger partial charge in [-0.05, 0) is 29.7 Å². The van der Waals surface area contributed by atoms with Gasteiger partial charge in [0.1, 0.15) is 12.4 Å². The van der Waals surface area contributed by atoms with Gasteiger partial charge < -0.3 is 10.2 Å². The summed E-state index contributed by atoms with van der Waals surface area (Å²) in [7, 11) is 1.96. The largest absolute Gasteiger partial charge is 0.326 e. The summed E-state index contributed by atoms with van der Waals surface area (Å²) in [5.41, 5.74) is 3.03. The summed E-state index contributed by atoms with van der Waals surface area (Å²) in [6, 6.07) is 14.3. The first-order valence-electron chi connectivity index (χ1n) is 7.90. The average Bonchev–Trinajstić information content (AvgIpc) is 2.49. The molecule has 0 aliphatic rings. The molecule has 0 aliphatic heterocycles. The fourth-order valence-electron chi connectivity index (χ4n) is 2.60. The molecule has 122 valence electrons. The lowest BCUT2D eigenvalue weighted by molar-refractivity contribution is -0.885. The standard InChI is InChI=1S/C19H23FN2O/c1-14(2)17-6-4-5-7-18(17)21-19(23)13-22(3)12-15-8-10-16(20)11-9-15/h4-11,14H,12-13H2,1-3H3,(H,21,23)/p+1. The highest BCUT2D eigenvalue weighted by Gasteiger charge is 2.13. The van der Waals surface area contributed by atoms with Crippen LogP contribution in [0.25, 0.3) is 0 Å². The normalized spacial score (nSPS) is 12.2. The minimum Gasteiger partial charge on any atom is -0.326 e. The lowest BCUT2D eigenvalue weighted by Gasteiger charge is -2.16. The van der Waals surface area contributed by atoms with E-state index < -0.39 is 0 Å². The molecule has 23 heavy (non-hydrogen) atoms. The Morgan fingerprint density at radius 1 is 1.13 bits per heavy atom. The van der Waals surface area contributed by atoms with E-state index in [1.807, 2.05) is 31.3 Å². The minimum atomic E-state index is -0.241. The van der Waals surface area contributed by atoms with Gasteiger partial charge in [0.2, 0.25) is 0 Å². The lowest BCUT2D eigenvalue weighted by Crippen LogP contribution is -3.08. The summed E-state index contributed by atoms with van der Waals surface area (Å²) in [5, 5.41) is 3.00. The molecule has 2 aromatic rings. The fourth-order valence-corrected chi connectivity index (χ4v) is 2.60. The van der Waals surface area contributed by atoms with Crippen LogP contribution >= 0.6 is 0 Å². The number of nitrogens with one attached hydrogen (secondary N) is 2. The molecular formula is C19H24FN2O+. The molecule has 0 saturated heterocycles. The van der Waals surface area contributed by atoms with E-state index in [1.165, 1.54) is 12.1 Å². The van der Waals surface area contributed by atoms with Crippen LogP contribution < -0.4 is 10.2 Å². The van der Waals surface area contributed by atoms with Crippen LogP contribution in [0.15, 0.2) is 48.5 Å². The molecule has 0 heterocycles. The molecule has 1 atom stereocenters. The molecule has 4 heteroatoms. The van der Waals surface area contributed by atoms with Gasteiger partial charge in [0.05, 0.1) is 7.05 Å². The Kier molecular flexibility index (Phi) is 5.88. The molecule has 0 aromatic heterocycles. The van der Waals surface area contributed by atoms with Crippen LogP contribution in [-0.4, -0.2) is 19.5 Å². The van der Waals surface area contributed by atoms with Gasteiger partial charge in [0, 0.05) is 11.3 Å². The van der Waals surface area contributed by atoms with Crippen LogP contribution in [0.4, 0.5) is 10.1 Å². The fraction of sp³-hybridized carbons (Fsp3) is 0.316. The monoisotopic (exact) mass is 315 g/mol. The Labute approximate surface area is 137 Å². The van der Waals surface area contributed by atoms with Crippen LogP contribution in [0.1, 0.15) is 30.9 Å². The van der Waals surface area contributed by atoms with Crippen molar-refractivity contribution in [1.82, 2.24) is 0 Å². The number of halogens is 1. The zero-order chi connectivity index (χ0) is 16.8. The Morgan fingerprint density at radius 3 is 2.43 bits per heavy atom. The highest BCUT2D eigenvalue weighted by Crippen LogP contribution is 2.23. The third-order valence-corrected chi connectivity index (χ3v) is 3.74. The zero-order valence-corrected chi connectivity index (χ0v) is 13.9. The lowest BCUT2D eigenvalue weighted by atomic mass is 10.0. The Morgan fingerprint density at radius 2 is 1.78 bits per heavy atom. The Balaban J connectivity index is 1.93. The molecule has 2 rings (SSSR count). The Bertz CT molecular complexity index is 653. The maximum absolute atomic E-state index is 12.9. The summed E-state index contributed by atoms with van der Waals surface area (Å²) >= 11 is 0. The van der Waals surface area contributed by atoms with Crippen molar-refractivity contribution >= 4 is 11.6 Å². The van der Waals surface area contributed by atoms with Crippen LogP contribution in [0.2, 0.25) is 0 Å². The van der Waals surface area contributed by atoms with Crippen LogP contribution in [-0.2, 0) is 11.3 Å². The molecule has 1 amide bonds. The number of para-hydroxylation sites is 1. The smallest absolute Gasteiger partial charge is 0.279 e. The van der Waals surface area contributed by atoms with E-state index in [4.69, 9.17) is 0 Å². The van der Waals surface area contributed by atoms with Crippen LogP contribution in [0.3, 0.4) is 0 Å². The summed E-state index contributed by atoms with van der Waals surface area (Å²) in [6.45, 7) is 5.26. The van der Waals surface area contributed by atoms with Crippen molar-refractivity contribution in [3.05, 3.63) is 65.5 Å². The summed E-state index contributed by atoms with van der Waals surface area (Å²) in [5.74, 6) is 0.0999. The van der Waals surface area contributed by atoms with Crippen molar-refractivity contribution in [2.75, 3.05) is 18.9 Å². The number of quaternary nitrogens is 1. The van der Waals surface area contributed by atoms with Gasteiger partial charge in [-0.1, -0.05) is 44.2 Å². The topological polar surface area (TPSA) is 33.5 Å². The number of carbonyl (C=O) groups is 1. The molecule has 0 bridgehead atoms. The maximum atomic E-state index is 12.9. The molecule has 0 spiro atoms. The summed E-state index contributed by atoms with van der Waals surface area (Å²) in [6.07, 6.45) is 0. The van der Waals surface area contributed by atoms with Crippen LogP contribution in [0.5, 0.6) is 0 Å². The van der Waals surface area contributed by atoms with Gasteiger partial charge in [-0.15, -0.1) is 0 Å². The van der Waals surface area contributed by atoms with E-state index in [0.29, 0.717) is 19.0 Å². The molecule has 0 radical (unpaired) electrons. The second-order valence-corrected chi connectivity index (χ2v) is 6.23. The summed E-state index contributed by atoms with van der Waals surface area (Å²) in [4.78, 5) is 13.3. The predicted octanol–water partition coefficient (Wildman–Crippen LogP) is 2.60. The van der Waals surface area contributed by atoms with Gasteiger partial charge in [-0.2, -0.15) is 0 Å². The van der Waals surface area contributed by atoms with E-state index >= 15 is 0 Å². The number of anilines is 1. The first-order chi connectivity index (χ1) is 11.0. The van der Waals surface area contributed by atoms with Gasteiger partial charge in [-0.25, -0.2) is 4.39 Å². The predicted molar refractivity (Wildman–Crippen MR) is 91.0 cm³/mol.